The Balaban J connectivity index is 1.93. The van der Waals surface area contributed by atoms with E-state index in [4.69, 9.17) is 4.52 Å². The van der Waals surface area contributed by atoms with Crippen LogP contribution < -0.4 is 5.56 Å². The zero-order chi connectivity index (χ0) is 17.2. The highest BCUT2D eigenvalue weighted by molar-refractivity contribution is 5.97. The summed E-state index contributed by atoms with van der Waals surface area (Å²) in [6, 6.07) is 19.6. The van der Waals surface area contributed by atoms with Gasteiger partial charge in [0.1, 0.15) is 5.69 Å². The van der Waals surface area contributed by atoms with E-state index in [2.05, 4.69) is 10.3 Å². The second-order valence-electron chi connectivity index (χ2n) is 5.66. The van der Waals surface area contributed by atoms with Crippen molar-refractivity contribution in [2.75, 3.05) is 0 Å². The zero-order valence-electron chi connectivity index (χ0n) is 13.6. The van der Waals surface area contributed by atoms with Crippen molar-refractivity contribution in [1.82, 2.24) is 14.9 Å². The fourth-order valence-corrected chi connectivity index (χ4v) is 2.72. The fourth-order valence-electron chi connectivity index (χ4n) is 2.72. The number of aromatic nitrogens is 3. The summed E-state index contributed by atoms with van der Waals surface area (Å²) in [5, 5.41) is 9.03. The van der Waals surface area contributed by atoms with Crippen LogP contribution in [-0.2, 0) is 7.05 Å². The molecular formula is C20H15N3O2. The van der Waals surface area contributed by atoms with Crippen molar-refractivity contribution in [3.05, 3.63) is 82.3 Å². The summed E-state index contributed by atoms with van der Waals surface area (Å²) < 4.78 is 6.73. The second kappa shape index (κ2) is 6.20. The maximum atomic E-state index is 12.4. The third-order valence-electron chi connectivity index (χ3n) is 3.98. The number of rotatable bonds is 3. The number of hydrogen-bond acceptors (Lipinski definition) is 4. The van der Waals surface area contributed by atoms with Crippen LogP contribution in [0.1, 0.15) is 11.3 Å². The van der Waals surface area contributed by atoms with Crippen molar-refractivity contribution in [3.63, 3.8) is 0 Å². The molecule has 122 valence electrons. The SMILES string of the molecule is Cn1nc(-c2ccccc2)c2c(C=Cc3ccccc3)onc2c1=O. The topological polar surface area (TPSA) is 60.9 Å². The van der Waals surface area contributed by atoms with Crippen LogP contribution in [0, 0.1) is 0 Å². The van der Waals surface area contributed by atoms with Gasteiger partial charge in [-0.1, -0.05) is 71.9 Å². The molecule has 0 aliphatic rings. The molecule has 25 heavy (non-hydrogen) atoms. The van der Waals surface area contributed by atoms with Crippen LogP contribution in [0.25, 0.3) is 34.3 Å². The van der Waals surface area contributed by atoms with Gasteiger partial charge < -0.3 is 4.52 Å². The van der Waals surface area contributed by atoms with E-state index >= 15 is 0 Å². The minimum absolute atomic E-state index is 0.280. The summed E-state index contributed by atoms with van der Waals surface area (Å²) in [5.41, 5.74) is 2.61. The first-order chi connectivity index (χ1) is 12.2. The number of nitrogens with zero attached hydrogens (tertiary/aromatic N) is 3. The number of benzene rings is 2. The maximum absolute atomic E-state index is 12.4. The second-order valence-corrected chi connectivity index (χ2v) is 5.66. The lowest BCUT2D eigenvalue weighted by molar-refractivity contribution is 0.420. The zero-order valence-corrected chi connectivity index (χ0v) is 13.6. The minimum Gasteiger partial charge on any atom is -0.355 e. The molecule has 2 heterocycles. The molecule has 5 heteroatoms. The van der Waals surface area contributed by atoms with E-state index < -0.39 is 0 Å². The smallest absolute Gasteiger partial charge is 0.296 e. The lowest BCUT2D eigenvalue weighted by atomic mass is 10.1. The van der Waals surface area contributed by atoms with Crippen LogP contribution >= 0.6 is 0 Å². The molecule has 0 amide bonds. The number of aryl methyl sites for hydroxylation is 1. The molecule has 5 nitrogen and oxygen atoms in total. The fraction of sp³-hybridized carbons (Fsp3) is 0.0500. The predicted octanol–water partition coefficient (Wildman–Crippen LogP) is 3.76. The van der Waals surface area contributed by atoms with E-state index in [-0.39, 0.29) is 11.1 Å². The first-order valence-electron chi connectivity index (χ1n) is 7.89. The molecule has 0 spiro atoms. The third-order valence-corrected chi connectivity index (χ3v) is 3.98. The Kier molecular flexibility index (Phi) is 3.74. The molecule has 4 rings (SSSR count). The van der Waals surface area contributed by atoms with Crippen LogP contribution in [0.2, 0.25) is 0 Å². The van der Waals surface area contributed by atoms with Crippen LogP contribution in [0.5, 0.6) is 0 Å². The van der Waals surface area contributed by atoms with Gasteiger partial charge in [-0.3, -0.25) is 4.79 Å². The van der Waals surface area contributed by atoms with Crippen LogP contribution in [0.4, 0.5) is 0 Å². The van der Waals surface area contributed by atoms with Crippen molar-refractivity contribution >= 4 is 23.1 Å². The number of hydrogen-bond donors (Lipinski definition) is 0. The summed E-state index contributed by atoms with van der Waals surface area (Å²) in [5.74, 6) is 0.517. The molecule has 0 aliphatic carbocycles. The molecule has 2 aromatic carbocycles. The van der Waals surface area contributed by atoms with Gasteiger partial charge >= 0.3 is 0 Å². The summed E-state index contributed by atoms with van der Waals surface area (Å²) >= 11 is 0. The first-order valence-corrected chi connectivity index (χ1v) is 7.89. The van der Waals surface area contributed by atoms with E-state index in [0.717, 1.165) is 11.1 Å². The van der Waals surface area contributed by atoms with Crippen molar-refractivity contribution < 1.29 is 4.52 Å². The van der Waals surface area contributed by atoms with E-state index in [1.807, 2.05) is 72.8 Å². The molecule has 0 saturated heterocycles. The van der Waals surface area contributed by atoms with Gasteiger partial charge in [-0.05, 0) is 11.6 Å². The van der Waals surface area contributed by atoms with E-state index in [1.54, 1.807) is 7.05 Å². The van der Waals surface area contributed by atoms with Crippen molar-refractivity contribution in [1.29, 1.82) is 0 Å². The monoisotopic (exact) mass is 329 g/mol. The van der Waals surface area contributed by atoms with Crippen molar-refractivity contribution in [3.8, 4) is 11.3 Å². The molecule has 2 aromatic heterocycles. The normalized spacial score (nSPS) is 11.4. The quantitative estimate of drug-likeness (QED) is 0.574. The van der Waals surface area contributed by atoms with Gasteiger partial charge in [0.25, 0.3) is 5.56 Å². The average molecular weight is 329 g/mol. The van der Waals surface area contributed by atoms with Crippen molar-refractivity contribution in [2.45, 2.75) is 0 Å². The molecule has 0 atom stereocenters. The molecule has 4 aromatic rings. The summed E-state index contributed by atoms with van der Waals surface area (Å²) in [6.45, 7) is 0. The Labute approximate surface area is 143 Å². The minimum atomic E-state index is -0.280. The summed E-state index contributed by atoms with van der Waals surface area (Å²) in [4.78, 5) is 12.4. The van der Waals surface area contributed by atoms with Gasteiger partial charge in [-0.2, -0.15) is 5.10 Å². The third kappa shape index (κ3) is 2.76. The van der Waals surface area contributed by atoms with Crippen LogP contribution in [0.15, 0.2) is 70.0 Å². The molecule has 0 radical (unpaired) electrons. The lowest BCUT2D eigenvalue weighted by Gasteiger charge is -2.04. The average Bonchev–Trinajstić information content (AvgIpc) is 3.09. The van der Waals surface area contributed by atoms with Crippen LogP contribution in [-0.4, -0.2) is 14.9 Å². The first kappa shape index (κ1) is 15.1. The largest absolute Gasteiger partial charge is 0.355 e. The highest BCUT2D eigenvalue weighted by Crippen LogP contribution is 2.28. The Hall–Kier alpha value is -3.47. The molecular weight excluding hydrogens is 314 g/mol. The van der Waals surface area contributed by atoms with Crippen molar-refractivity contribution in [2.24, 2.45) is 7.05 Å². The number of fused-ring (bicyclic) bond motifs is 1. The highest BCUT2D eigenvalue weighted by Gasteiger charge is 2.18. The standard InChI is InChI=1S/C20H15N3O2/c1-23-20(24)19-17(18(21-23)15-10-6-3-7-11-15)16(25-22-19)13-12-14-8-4-2-5-9-14/h2-13H,1H3. The van der Waals surface area contributed by atoms with Gasteiger partial charge in [0.15, 0.2) is 11.3 Å². The summed E-state index contributed by atoms with van der Waals surface area (Å²) in [7, 11) is 1.61. The molecule has 0 aliphatic heterocycles. The highest BCUT2D eigenvalue weighted by atomic mass is 16.5. The van der Waals surface area contributed by atoms with Crippen LogP contribution in [0.3, 0.4) is 0 Å². The van der Waals surface area contributed by atoms with E-state index in [1.165, 1.54) is 4.68 Å². The van der Waals surface area contributed by atoms with Gasteiger partial charge in [-0.25, -0.2) is 4.68 Å². The Bertz CT molecular complexity index is 1110. The molecule has 0 fully saturated rings. The molecule has 0 bridgehead atoms. The Morgan fingerprint density at radius 1 is 0.960 bits per heavy atom. The molecule has 0 saturated carbocycles. The lowest BCUT2D eigenvalue weighted by Crippen LogP contribution is -2.20. The van der Waals surface area contributed by atoms with Gasteiger partial charge in [-0.15, -0.1) is 0 Å². The van der Waals surface area contributed by atoms with Gasteiger partial charge in [0.2, 0.25) is 0 Å². The van der Waals surface area contributed by atoms with Gasteiger partial charge in [0.05, 0.1) is 5.39 Å². The Morgan fingerprint density at radius 2 is 1.64 bits per heavy atom. The maximum Gasteiger partial charge on any atom is 0.296 e. The summed E-state index contributed by atoms with van der Waals surface area (Å²) in [6.07, 6.45) is 3.74. The predicted molar refractivity (Wildman–Crippen MR) is 97.9 cm³/mol. The van der Waals surface area contributed by atoms with E-state index in [9.17, 15) is 4.79 Å². The van der Waals surface area contributed by atoms with Gasteiger partial charge in [0, 0.05) is 12.6 Å². The Morgan fingerprint density at radius 3 is 2.36 bits per heavy atom. The molecule has 0 unspecified atom stereocenters. The molecule has 0 N–H and O–H groups in total. The van der Waals surface area contributed by atoms with E-state index in [0.29, 0.717) is 16.8 Å².